The minimum absolute atomic E-state index is 0. The Hall–Kier alpha value is -5.14. The van der Waals surface area contributed by atoms with Crippen LogP contribution in [0.1, 0.15) is 78.5 Å². The number of para-hydroxylation sites is 2. The predicted molar refractivity (Wildman–Crippen MR) is 259 cm³/mol. The van der Waals surface area contributed by atoms with Crippen molar-refractivity contribution in [2.24, 2.45) is 5.92 Å². The van der Waals surface area contributed by atoms with Crippen LogP contribution in [0.15, 0.2) is 132 Å². The van der Waals surface area contributed by atoms with Crippen LogP contribution in [0.2, 0.25) is 17.3 Å². The van der Waals surface area contributed by atoms with Crippen LogP contribution in [0.3, 0.4) is 0 Å². The van der Waals surface area contributed by atoms with E-state index in [4.69, 9.17) is 12.1 Å². The van der Waals surface area contributed by atoms with Gasteiger partial charge in [-0.2, -0.15) is 0 Å². The number of fused-ring (bicyclic) bond motifs is 4. The average molecular weight is 1060 g/mol. The monoisotopic (exact) mass is 1060 g/mol. The Bertz CT molecular complexity index is 3050. The Morgan fingerprint density at radius 1 is 0.726 bits per heavy atom. The summed E-state index contributed by atoms with van der Waals surface area (Å²) in [4.78, 5) is 14.4. The van der Waals surface area contributed by atoms with Crippen molar-refractivity contribution >= 4 is 50.8 Å². The molecule has 0 bridgehead atoms. The molecule has 0 N–H and O–H groups in total. The van der Waals surface area contributed by atoms with E-state index in [1.54, 1.807) is 0 Å². The molecular formula is C55H56GeIrN4O-2. The molecule has 9 aromatic rings. The first-order valence-electron chi connectivity index (χ1n) is 22.4. The molecule has 9 rings (SSSR count). The number of pyridine rings is 2. The zero-order chi connectivity index (χ0) is 44.8. The van der Waals surface area contributed by atoms with Crippen LogP contribution in [-0.2, 0) is 26.5 Å². The maximum absolute atomic E-state index is 8.56. The van der Waals surface area contributed by atoms with Crippen LogP contribution in [0, 0.1) is 25.0 Å². The summed E-state index contributed by atoms with van der Waals surface area (Å²) in [5.41, 5.74) is 14.2. The van der Waals surface area contributed by atoms with E-state index >= 15 is 0 Å². The molecule has 0 saturated carbocycles. The first kappa shape index (κ1) is 42.2. The molecule has 0 saturated heterocycles. The number of nitrogens with zero attached hydrogens (tertiary/aromatic N) is 4. The Labute approximate surface area is 386 Å². The molecule has 4 heterocycles. The molecule has 0 aliphatic carbocycles. The molecule has 1 radical (unpaired) electrons. The average Bonchev–Trinajstić information content (AvgIpc) is 3.83. The van der Waals surface area contributed by atoms with E-state index in [-0.39, 0.29) is 26.0 Å². The van der Waals surface area contributed by atoms with Crippen LogP contribution < -0.4 is 4.40 Å². The Kier molecular flexibility index (Phi) is 12.7. The number of benzene rings is 5. The fourth-order valence-corrected chi connectivity index (χ4v) is 11.0. The van der Waals surface area contributed by atoms with Crippen LogP contribution >= 0.6 is 0 Å². The van der Waals surface area contributed by atoms with E-state index < -0.39 is 19.6 Å². The number of rotatable bonds is 9. The molecule has 0 aliphatic heterocycles. The van der Waals surface area contributed by atoms with Gasteiger partial charge in [0.25, 0.3) is 0 Å². The minimum atomic E-state index is -2.20. The second-order valence-corrected chi connectivity index (χ2v) is 28.5. The Morgan fingerprint density at radius 3 is 2.08 bits per heavy atom. The third kappa shape index (κ3) is 9.29. The number of aryl methyl sites for hydroxylation is 1. The molecule has 0 atom stereocenters. The van der Waals surface area contributed by atoms with Crippen LogP contribution in [-0.4, -0.2) is 32.8 Å². The summed E-state index contributed by atoms with van der Waals surface area (Å²) in [7, 11) is 0. The van der Waals surface area contributed by atoms with Crippen molar-refractivity contribution in [1.29, 1.82) is 0 Å². The van der Waals surface area contributed by atoms with E-state index in [1.165, 1.54) is 27.9 Å². The fraction of sp³-hybridized carbons (Fsp3) is 0.255. The third-order valence-electron chi connectivity index (χ3n) is 11.1. The standard InChI is InChI=1S/C37H32N3O.C18H24GeN.Ir/c1-22(2)29-20-27(25-11-7-6-8-12-25)21-30(23(3)4)35(29)40-33-14-10-9-13-32(33)39-36(40)26-16-18-34-31(19-26)28-17-15-24(5)38-37(28)41-34;1-14(2)11-16-12-18(15-9-7-6-8-10-15)20-13-17(16)19(3,4)5;/h6-15,17-23H,1-5H3;6-9,12-14H,11H2,1-5H3;/q2*-1;/i;11D2;. The SMILES string of the molecule is Cc1ccc2c(n1)oc1c[c-]c(-c3nc4ccccc4n3-c3c(C(C)C)cc(-c4ccccc4)cc3C(C)C)cc12.[2H]C([2H])(c1cc(-c2[c-]cccc2)nc[c]1[Ge]([CH3])([CH3])[CH3])C(C)C.[Ir]. The molecule has 0 fully saturated rings. The van der Waals surface area contributed by atoms with Crippen molar-refractivity contribution in [1.82, 2.24) is 19.5 Å². The molecule has 4 aromatic heterocycles. The van der Waals surface area contributed by atoms with Crippen molar-refractivity contribution in [2.75, 3.05) is 0 Å². The maximum atomic E-state index is 8.56. The van der Waals surface area contributed by atoms with Crippen LogP contribution in [0.4, 0.5) is 0 Å². The van der Waals surface area contributed by atoms with Crippen molar-refractivity contribution in [3.8, 4) is 39.5 Å². The zero-order valence-electron chi connectivity index (χ0n) is 39.4. The summed E-state index contributed by atoms with van der Waals surface area (Å²) in [6.07, 6.45) is 0.562. The topological polar surface area (TPSA) is 56.7 Å². The third-order valence-corrected chi connectivity index (χ3v) is 15.3. The zero-order valence-corrected chi connectivity index (χ0v) is 41.9. The summed E-state index contributed by atoms with van der Waals surface area (Å²) < 4.78 is 26.7. The molecule has 62 heavy (non-hydrogen) atoms. The van der Waals surface area contributed by atoms with Gasteiger partial charge in [0.15, 0.2) is 0 Å². The quantitative estimate of drug-likeness (QED) is 0.107. The summed E-state index contributed by atoms with van der Waals surface area (Å²) in [5.74, 6) is 8.25. The Balaban J connectivity index is 0.000000227. The van der Waals surface area contributed by atoms with Gasteiger partial charge in [-0.3, -0.25) is 4.98 Å². The molecule has 317 valence electrons. The molecule has 5 aromatic carbocycles. The first-order valence-corrected chi connectivity index (χ1v) is 28.8. The first-order chi connectivity index (χ1) is 30.0. The maximum Gasteiger partial charge on any atom is 0 e. The van der Waals surface area contributed by atoms with Gasteiger partial charge in [0.05, 0.1) is 22.4 Å². The van der Waals surface area contributed by atoms with Gasteiger partial charge in [-0.05, 0) is 77.4 Å². The number of aromatic nitrogens is 4. The second kappa shape index (κ2) is 18.7. The van der Waals surface area contributed by atoms with Crippen molar-refractivity contribution in [3.05, 3.63) is 162 Å². The van der Waals surface area contributed by atoms with Gasteiger partial charge in [0, 0.05) is 36.9 Å². The van der Waals surface area contributed by atoms with E-state index in [9.17, 15) is 0 Å². The number of imidazole rings is 1. The van der Waals surface area contributed by atoms with Gasteiger partial charge < -0.3 is 8.98 Å². The number of hydrogen-bond donors (Lipinski definition) is 0. The molecule has 0 amide bonds. The van der Waals surface area contributed by atoms with Crippen LogP contribution in [0.5, 0.6) is 0 Å². The summed E-state index contributed by atoms with van der Waals surface area (Å²) in [5, 5.41) is 2.02. The van der Waals surface area contributed by atoms with Gasteiger partial charge in [-0.1, -0.05) is 75.5 Å². The van der Waals surface area contributed by atoms with Gasteiger partial charge in [0.1, 0.15) is 0 Å². The fourth-order valence-electron chi connectivity index (χ4n) is 8.05. The molecule has 0 spiro atoms. The summed E-state index contributed by atoms with van der Waals surface area (Å²) in [6, 6.07) is 48.4. The van der Waals surface area contributed by atoms with Crippen molar-refractivity contribution in [3.63, 3.8) is 0 Å². The second-order valence-electron chi connectivity index (χ2n) is 17.9. The predicted octanol–water partition coefficient (Wildman–Crippen LogP) is 14.3. The van der Waals surface area contributed by atoms with Gasteiger partial charge >= 0.3 is 128 Å². The molecule has 0 unspecified atom stereocenters. The summed E-state index contributed by atoms with van der Waals surface area (Å²) in [6.45, 7) is 15.0. The van der Waals surface area contributed by atoms with Gasteiger partial charge in [0.2, 0.25) is 5.71 Å². The van der Waals surface area contributed by atoms with Gasteiger partial charge in [-0.15, -0.1) is 23.8 Å². The van der Waals surface area contributed by atoms with E-state index in [0.717, 1.165) is 65.7 Å². The minimum Gasteiger partial charge on any atom is 0 e. The largest absolute Gasteiger partial charge is 0 e. The molecule has 5 nitrogen and oxygen atoms in total. The molecule has 0 aliphatic rings. The molecule has 7 heteroatoms. The smallest absolute Gasteiger partial charge is 0 e. The Morgan fingerprint density at radius 2 is 1.42 bits per heavy atom. The van der Waals surface area contributed by atoms with E-state index in [1.807, 2.05) is 69.4 Å². The normalized spacial score (nSPS) is 12.5. The van der Waals surface area contributed by atoms with E-state index in [0.29, 0.717) is 17.5 Å². The molecular weight excluding hydrogens is 997 g/mol. The van der Waals surface area contributed by atoms with Crippen LogP contribution in [0.25, 0.3) is 72.6 Å². The number of hydrogen-bond acceptors (Lipinski definition) is 4. The number of furan rings is 1. The van der Waals surface area contributed by atoms with Crippen molar-refractivity contribution in [2.45, 2.75) is 83.9 Å². The van der Waals surface area contributed by atoms with E-state index in [2.05, 4.69) is 150 Å². The van der Waals surface area contributed by atoms with Gasteiger partial charge in [-0.25, -0.2) is 4.98 Å². The van der Waals surface area contributed by atoms with Crippen molar-refractivity contribution < 1.29 is 27.3 Å². The summed E-state index contributed by atoms with van der Waals surface area (Å²) >= 11 is -2.20.